The lowest BCUT2D eigenvalue weighted by Crippen LogP contribution is -2.22. The Morgan fingerprint density at radius 2 is 1.83 bits per heavy atom. The van der Waals surface area contributed by atoms with E-state index in [0.717, 1.165) is 12.8 Å². The van der Waals surface area contributed by atoms with Gasteiger partial charge >= 0.3 is 5.97 Å². The van der Waals surface area contributed by atoms with E-state index in [2.05, 4.69) is 4.74 Å². The van der Waals surface area contributed by atoms with E-state index in [4.69, 9.17) is 0 Å². The molecule has 1 aromatic carbocycles. The third kappa shape index (κ3) is 2.45. The molecule has 3 heteroatoms. The van der Waals surface area contributed by atoms with Gasteiger partial charge < -0.3 is 4.74 Å². The fourth-order valence-corrected chi connectivity index (χ4v) is 2.42. The first-order valence-corrected chi connectivity index (χ1v) is 6.37. The van der Waals surface area contributed by atoms with Gasteiger partial charge in [0.1, 0.15) is 5.92 Å². The van der Waals surface area contributed by atoms with Crippen LogP contribution in [-0.2, 0) is 22.4 Å². The third-order valence-electron chi connectivity index (χ3n) is 3.58. The number of esters is 1. The number of ether oxygens (including phenoxy) is 1. The van der Waals surface area contributed by atoms with Crippen molar-refractivity contribution in [3.05, 3.63) is 34.9 Å². The molecule has 0 fully saturated rings. The minimum atomic E-state index is -0.725. The highest BCUT2D eigenvalue weighted by Crippen LogP contribution is 2.23. The molecule has 0 aromatic heterocycles. The lowest BCUT2D eigenvalue weighted by Gasteiger charge is -2.17. The van der Waals surface area contributed by atoms with Crippen molar-refractivity contribution < 1.29 is 14.3 Å². The van der Waals surface area contributed by atoms with Crippen molar-refractivity contribution in [3.8, 4) is 0 Å². The lowest BCUT2D eigenvalue weighted by atomic mass is 9.88. The summed E-state index contributed by atoms with van der Waals surface area (Å²) in [6, 6.07) is 5.79. The number of hydrogen-bond donors (Lipinski definition) is 0. The summed E-state index contributed by atoms with van der Waals surface area (Å²) in [4.78, 5) is 23.5. The Morgan fingerprint density at radius 1 is 1.17 bits per heavy atom. The topological polar surface area (TPSA) is 43.4 Å². The Kier molecular flexibility index (Phi) is 3.80. The molecule has 1 aliphatic rings. The monoisotopic (exact) mass is 246 g/mol. The fraction of sp³-hybridized carbons (Fsp3) is 0.467. The minimum Gasteiger partial charge on any atom is -0.468 e. The first-order valence-electron chi connectivity index (χ1n) is 6.37. The van der Waals surface area contributed by atoms with Gasteiger partial charge in [-0.15, -0.1) is 0 Å². The predicted octanol–water partition coefficient (Wildman–Crippen LogP) is 2.56. The Labute approximate surface area is 107 Å². The molecule has 1 unspecified atom stereocenters. The van der Waals surface area contributed by atoms with Gasteiger partial charge in [0, 0.05) is 5.56 Å². The largest absolute Gasteiger partial charge is 0.468 e. The molecule has 1 atom stereocenters. The Morgan fingerprint density at radius 3 is 2.50 bits per heavy atom. The van der Waals surface area contributed by atoms with Crippen LogP contribution in [-0.4, -0.2) is 18.9 Å². The quantitative estimate of drug-likeness (QED) is 0.467. The second kappa shape index (κ2) is 5.34. The maximum absolute atomic E-state index is 12.1. The van der Waals surface area contributed by atoms with Gasteiger partial charge in [-0.25, -0.2) is 0 Å². The maximum Gasteiger partial charge on any atom is 0.316 e. The van der Waals surface area contributed by atoms with Crippen LogP contribution in [0.5, 0.6) is 0 Å². The number of carbonyl (C=O) groups excluding carboxylic acids is 2. The molecule has 2 rings (SSSR count). The van der Waals surface area contributed by atoms with Crippen molar-refractivity contribution in [1.82, 2.24) is 0 Å². The van der Waals surface area contributed by atoms with Crippen molar-refractivity contribution >= 4 is 11.8 Å². The van der Waals surface area contributed by atoms with Gasteiger partial charge in [-0.3, -0.25) is 9.59 Å². The first-order chi connectivity index (χ1) is 8.63. The van der Waals surface area contributed by atoms with E-state index in [1.165, 1.54) is 31.1 Å². The highest BCUT2D eigenvalue weighted by atomic mass is 16.5. The Bertz CT molecular complexity index is 477. The summed E-state index contributed by atoms with van der Waals surface area (Å²) in [6.07, 6.45) is 4.52. The Balaban J connectivity index is 2.23. The molecule has 96 valence electrons. The minimum absolute atomic E-state index is 0.157. The molecule has 0 saturated heterocycles. The van der Waals surface area contributed by atoms with E-state index in [0.29, 0.717) is 5.56 Å². The molecule has 0 bridgehead atoms. The molecule has 0 heterocycles. The van der Waals surface area contributed by atoms with Gasteiger partial charge in [0.2, 0.25) is 0 Å². The second-order valence-electron chi connectivity index (χ2n) is 4.80. The normalized spacial score (nSPS) is 15.7. The zero-order valence-electron chi connectivity index (χ0n) is 10.9. The van der Waals surface area contributed by atoms with E-state index < -0.39 is 11.9 Å². The molecule has 0 N–H and O–H groups in total. The Hall–Kier alpha value is -1.64. The van der Waals surface area contributed by atoms with Crippen LogP contribution < -0.4 is 0 Å². The van der Waals surface area contributed by atoms with Crippen LogP contribution in [0.4, 0.5) is 0 Å². The van der Waals surface area contributed by atoms with E-state index in [1.54, 1.807) is 6.92 Å². The molecule has 0 radical (unpaired) electrons. The number of Topliss-reactive ketones (excluding diaryl/α,β-unsaturated/α-hetero) is 1. The highest BCUT2D eigenvalue weighted by molar-refractivity contribution is 6.08. The molecule has 3 nitrogen and oxygen atoms in total. The molecule has 18 heavy (non-hydrogen) atoms. The van der Waals surface area contributed by atoms with E-state index in [-0.39, 0.29) is 5.78 Å². The molecule has 0 amide bonds. The number of hydrogen-bond acceptors (Lipinski definition) is 3. The summed E-state index contributed by atoms with van der Waals surface area (Å²) in [5.74, 6) is -1.36. The van der Waals surface area contributed by atoms with Crippen molar-refractivity contribution in [3.63, 3.8) is 0 Å². The van der Waals surface area contributed by atoms with Crippen molar-refractivity contribution in [2.24, 2.45) is 5.92 Å². The van der Waals surface area contributed by atoms with Crippen molar-refractivity contribution in [2.45, 2.75) is 32.6 Å². The molecule has 0 spiro atoms. The van der Waals surface area contributed by atoms with Crippen molar-refractivity contribution in [1.29, 1.82) is 0 Å². The fourth-order valence-electron chi connectivity index (χ4n) is 2.42. The van der Waals surface area contributed by atoms with Gasteiger partial charge in [-0.1, -0.05) is 12.1 Å². The summed E-state index contributed by atoms with van der Waals surface area (Å²) in [7, 11) is 1.30. The average Bonchev–Trinajstić information content (AvgIpc) is 2.44. The second-order valence-corrected chi connectivity index (χ2v) is 4.80. The van der Waals surface area contributed by atoms with Crippen LogP contribution >= 0.6 is 0 Å². The van der Waals surface area contributed by atoms with E-state index in [9.17, 15) is 9.59 Å². The van der Waals surface area contributed by atoms with Crippen LogP contribution in [0.15, 0.2) is 18.2 Å². The van der Waals surface area contributed by atoms with Crippen LogP contribution in [0.25, 0.3) is 0 Å². The van der Waals surface area contributed by atoms with Crippen LogP contribution in [0, 0.1) is 5.92 Å². The predicted molar refractivity (Wildman–Crippen MR) is 68.6 cm³/mol. The van der Waals surface area contributed by atoms with E-state index >= 15 is 0 Å². The van der Waals surface area contributed by atoms with Gasteiger partial charge in [-0.2, -0.15) is 0 Å². The number of carbonyl (C=O) groups is 2. The third-order valence-corrected chi connectivity index (χ3v) is 3.58. The number of rotatable bonds is 3. The summed E-state index contributed by atoms with van der Waals surface area (Å²) < 4.78 is 4.61. The number of benzene rings is 1. The number of aryl methyl sites for hydroxylation is 2. The standard InChI is InChI=1S/C15H18O3/c1-10(15(17)18-2)14(16)13-8-7-11-5-3-4-6-12(11)9-13/h7-10H,3-6H2,1-2H3. The van der Waals surface area contributed by atoms with Gasteiger partial charge in [0.15, 0.2) is 5.78 Å². The molecule has 1 aromatic rings. The van der Waals surface area contributed by atoms with Gasteiger partial charge in [0.05, 0.1) is 7.11 Å². The lowest BCUT2D eigenvalue weighted by molar-refractivity contribution is -0.143. The van der Waals surface area contributed by atoms with E-state index in [1.807, 2.05) is 18.2 Å². The molecular weight excluding hydrogens is 228 g/mol. The van der Waals surface area contributed by atoms with Crippen LogP contribution in [0.3, 0.4) is 0 Å². The molecular formula is C15H18O3. The van der Waals surface area contributed by atoms with Gasteiger partial charge in [-0.05, 0) is 49.8 Å². The van der Waals surface area contributed by atoms with Gasteiger partial charge in [0.25, 0.3) is 0 Å². The highest BCUT2D eigenvalue weighted by Gasteiger charge is 2.24. The number of fused-ring (bicyclic) bond motifs is 1. The zero-order valence-corrected chi connectivity index (χ0v) is 10.9. The first kappa shape index (κ1) is 12.8. The maximum atomic E-state index is 12.1. The summed E-state index contributed by atoms with van der Waals surface area (Å²) in [5, 5.41) is 0. The molecule has 0 aliphatic heterocycles. The summed E-state index contributed by atoms with van der Waals surface area (Å²) in [6.45, 7) is 1.59. The molecule has 1 aliphatic carbocycles. The summed E-state index contributed by atoms with van der Waals surface area (Å²) in [5.41, 5.74) is 3.21. The molecule has 0 saturated carbocycles. The number of methoxy groups -OCH3 is 1. The zero-order chi connectivity index (χ0) is 13.1. The van der Waals surface area contributed by atoms with Crippen LogP contribution in [0.2, 0.25) is 0 Å². The number of ketones is 1. The average molecular weight is 246 g/mol. The smallest absolute Gasteiger partial charge is 0.316 e. The van der Waals surface area contributed by atoms with Crippen LogP contribution in [0.1, 0.15) is 41.3 Å². The van der Waals surface area contributed by atoms with Crippen molar-refractivity contribution in [2.75, 3.05) is 7.11 Å². The summed E-state index contributed by atoms with van der Waals surface area (Å²) >= 11 is 0. The SMILES string of the molecule is COC(=O)C(C)C(=O)c1ccc2c(c1)CCCC2.